The lowest BCUT2D eigenvalue weighted by Crippen LogP contribution is -2.42. The summed E-state index contributed by atoms with van der Waals surface area (Å²) in [5.74, 6) is -1.99. The quantitative estimate of drug-likeness (QED) is 0.437. The minimum atomic E-state index is -1.86. The van der Waals surface area contributed by atoms with E-state index >= 15 is 0 Å². The lowest BCUT2D eigenvalue weighted by atomic mass is 10.2. The molecule has 0 saturated heterocycles. The van der Waals surface area contributed by atoms with E-state index in [1.54, 1.807) is 0 Å². The molecule has 1 unspecified atom stereocenters. The number of aliphatic carboxylic acids is 1. The van der Waals surface area contributed by atoms with Crippen LogP contribution in [0.25, 0.3) is 0 Å². The maximum absolute atomic E-state index is 12.5. The summed E-state index contributed by atoms with van der Waals surface area (Å²) in [6.45, 7) is -0.0156. The third kappa shape index (κ3) is 3.28. The Bertz CT molecular complexity index is 379. The largest absolute Gasteiger partial charge is 0.475 e. The third-order valence-electron chi connectivity index (χ3n) is 1.86. The van der Waals surface area contributed by atoms with E-state index in [-0.39, 0.29) is 6.54 Å². The zero-order valence-corrected chi connectivity index (χ0v) is 8.09. The summed E-state index contributed by atoms with van der Waals surface area (Å²) in [6.07, 6.45) is -1.86. The molecule has 86 valence electrons. The molecule has 0 heterocycles. The second kappa shape index (κ2) is 5.17. The molecule has 0 aromatic heterocycles. The van der Waals surface area contributed by atoms with Gasteiger partial charge in [0.2, 0.25) is 0 Å². The van der Waals surface area contributed by atoms with Gasteiger partial charge in [-0.2, -0.15) is 0 Å². The van der Waals surface area contributed by atoms with Crippen molar-refractivity contribution in [3.8, 4) is 0 Å². The van der Waals surface area contributed by atoms with Crippen LogP contribution in [-0.4, -0.2) is 22.2 Å². The van der Waals surface area contributed by atoms with Crippen LogP contribution in [0.15, 0.2) is 24.3 Å². The number of carboxylic acid groups (broad SMARTS) is 1. The number of rotatable bonds is 5. The van der Waals surface area contributed by atoms with Crippen molar-refractivity contribution in [2.75, 3.05) is 0 Å². The number of halogens is 1. The molecule has 0 saturated carbocycles. The van der Waals surface area contributed by atoms with Crippen LogP contribution in [0, 0.1) is 15.9 Å². The van der Waals surface area contributed by atoms with Crippen LogP contribution in [0.2, 0.25) is 0 Å². The fourth-order valence-corrected chi connectivity index (χ4v) is 1.07. The number of nitrogens with one attached hydrogen (secondary N) is 1. The van der Waals surface area contributed by atoms with Crippen molar-refractivity contribution in [3.05, 3.63) is 45.8 Å². The first-order valence-electron chi connectivity index (χ1n) is 4.35. The molecule has 0 bridgehead atoms. The maximum Gasteiger partial charge on any atom is 0.395 e. The molecular weight excluding hydrogens is 219 g/mol. The number of carbonyl (C=O) groups is 1. The molecule has 0 aliphatic heterocycles. The lowest BCUT2D eigenvalue weighted by Gasteiger charge is -2.06. The molecule has 0 amide bonds. The summed E-state index contributed by atoms with van der Waals surface area (Å²) < 4.78 is 12.5. The third-order valence-corrected chi connectivity index (χ3v) is 1.86. The van der Waals surface area contributed by atoms with E-state index in [9.17, 15) is 19.3 Å². The maximum atomic E-state index is 12.5. The Morgan fingerprint density at radius 3 is 2.50 bits per heavy atom. The summed E-state index contributed by atoms with van der Waals surface area (Å²) in [7, 11) is 0. The van der Waals surface area contributed by atoms with E-state index in [4.69, 9.17) is 5.11 Å². The van der Waals surface area contributed by atoms with Gasteiger partial charge in [-0.1, -0.05) is 12.1 Å². The molecule has 0 aliphatic carbocycles. The van der Waals surface area contributed by atoms with Gasteiger partial charge >= 0.3 is 12.1 Å². The van der Waals surface area contributed by atoms with E-state index in [1.165, 1.54) is 24.3 Å². The smallest absolute Gasteiger partial charge is 0.395 e. The molecule has 16 heavy (non-hydrogen) atoms. The number of nitro groups is 1. The number of hydrogen-bond acceptors (Lipinski definition) is 4. The van der Waals surface area contributed by atoms with E-state index in [1.807, 2.05) is 0 Å². The predicted octanol–water partition coefficient (Wildman–Crippen LogP) is 0.603. The molecule has 0 spiro atoms. The normalized spacial score (nSPS) is 12.1. The van der Waals surface area contributed by atoms with Gasteiger partial charge in [0.15, 0.2) is 0 Å². The first-order valence-corrected chi connectivity index (χ1v) is 4.35. The van der Waals surface area contributed by atoms with Crippen LogP contribution >= 0.6 is 0 Å². The summed E-state index contributed by atoms with van der Waals surface area (Å²) in [4.78, 5) is 19.8. The zero-order valence-electron chi connectivity index (χ0n) is 8.09. The van der Waals surface area contributed by atoms with Crippen molar-refractivity contribution < 1.29 is 19.2 Å². The van der Waals surface area contributed by atoms with Gasteiger partial charge in [0, 0.05) is 6.54 Å². The molecule has 1 aromatic rings. The van der Waals surface area contributed by atoms with E-state index in [0.29, 0.717) is 5.56 Å². The Kier molecular flexibility index (Phi) is 3.90. The highest BCUT2D eigenvalue weighted by Gasteiger charge is 2.27. The first kappa shape index (κ1) is 12.1. The number of nitrogens with zero attached hydrogens (tertiary/aromatic N) is 1. The van der Waals surface area contributed by atoms with Gasteiger partial charge in [0.25, 0.3) is 0 Å². The predicted molar refractivity (Wildman–Crippen MR) is 51.7 cm³/mol. The summed E-state index contributed by atoms with van der Waals surface area (Å²) in [5, 5.41) is 21.1. The monoisotopic (exact) mass is 228 g/mol. The van der Waals surface area contributed by atoms with Gasteiger partial charge in [0.05, 0.1) is 4.92 Å². The fourth-order valence-electron chi connectivity index (χ4n) is 1.07. The number of carboxylic acids is 1. The Hall–Kier alpha value is -2.02. The molecule has 1 aromatic carbocycles. The summed E-state index contributed by atoms with van der Waals surface area (Å²) in [5.41, 5.74) is 0.564. The molecule has 6 nitrogen and oxygen atoms in total. The fraction of sp³-hybridized carbons (Fsp3) is 0.222. The molecule has 1 rings (SSSR count). The average Bonchev–Trinajstić information content (AvgIpc) is 2.20. The van der Waals surface area contributed by atoms with Crippen LogP contribution in [0.1, 0.15) is 5.56 Å². The van der Waals surface area contributed by atoms with E-state index in [0.717, 1.165) is 0 Å². The summed E-state index contributed by atoms with van der Waals surface area (Å²) in [6, 6.07) is 5.22. The van der Waals surface area contributed by atoms with E-state index < -0.39 is 22.9 Å². The molecule has 0 aliphatic rings. The highest BCUT2D eigenvalue weighted by molar-refractivity contribution is 5.71. The zero-order chi connectivity index (χ0) is 12.1. The van der Waals surface area contributed by atoms with Crippen LogP contribution in [0.5, 0.6) is 0 Å². The van der Waals surface area contributed by atoms with Crippen molar-refractivity contribution in [2.45, 2.75) is 12.7 Å². The van der Waals surface area contributed by atoms with Crippen molar-refractivity contribution in [2.24, 2.45) is 0 Å². The minimum absolute atomic E-state index is 0.0156. The first-order chi connectivity index (χ1) is 7.50. The van der Waals surface area contributed by atoms with Crippen LogP contribution in [0.3, 0.4) is 0 Å². The number of hydrogen-bond donors (Lipinski definition) is 2. The van der Waals surface area contributed by atoms with Gasteiger partial charge < -0.3 is 5.11 Å². The number of benzene rings is 1. The molecule has 2 N–H and O–H groups in total. The van der Waals surface area contributed by atoms with Gasteiger partial charge in [-0.05, 0) is 17.7 Å². The van der Waals surface area contributed by atoms with Crippen molar-refractivity contribution in [3.63, 3.8) is 0 Å². The molecule has 0 fully saturated rings. The Morgan fingerprint density at radius 2 is 2.06 bits per heavy atom. The van der Waals surface area contributed by atoms with Gasteiger partial charge in [-0.3, -0.25) is 10.1 Å². The van der Waals surface area contributed by atoms with Crippen molar-refractivity contribution in [1.82, 2.24) is 5.32 Å². The van der Waals surface area contributed by atoms with Crippen LogP contribution in [-0.2, 0) is 11.3 Å². The van der Waals surface area contributed by atoms with Crippen LogP contribution in [0.4, 0.5) is 4.39 Å². The van der Waals surface area contributed by atoms with Crippen LogP contribution < -0.4 is 5.32 Å². The highest BCUT2D eigenvalue weighted by Crippen LogP contribution is 2.02. The topological polar surface area (TPSA) is 92.5 Å². The Balaban J connectivity index is 2.59. The average molecular weight is 228 g/mol. The molecule has 1 atom stereocenters. The second-order valence-electron chi connectivity index (χ2n) is 3.03. The highest BCUT2D eigenvalue weighted by atomic mass is 19.1. The molecular formula is C9H9FN2O4. The standard InChI is InChI=1S/C9H9FN2O4/c10-7-3-1-6(2-4-7)5-11-8(9(13)14)12(15)16/h1-4,8,11H,5H2,(H,13,14). The van der Waals surface area contributed by atoms with Gasteiger partial charge in [-0.25, -0.2) is 14.5 Å². The molecule has 7 heteroatoms. The Morgan fingerprint density at radius 1 is 1.50 bits per heavy atom. The van der Waals surface area contributed by atoms with E-state index in [2.05, 4.69) is 5.32 Å². The molecule has 0 radical (unpaired) electrons. The summed E-state index contributed by atoms with van der Waals surface area (Å²) >= 11 is 0. The second-order valence-corrected chi connectivity index (χ2v) is 3.03. The minimum Gasteiger partial charge on any atom is -0.475 e. The SMILES string of the molecule is O=C(O)C(NCc1ccc(F)cc1)[N+](=O)[O-]. The van der Waals surface area contributed by atoms with Crippen molar-refractivity contribution in [1.29, 1.82) is 0 Å². The van der Waals surface area contributed by atoms with Gasteiger partial charge in [0.1, 0.15) is 5.82 Å². The van der Waals surface area contributed by atoms with Gasteiger partial charge in [-0.15, -0.1) is 0 Å². The lowest BCUT2D eigenvalue weighted by molar-refractivity contribution is -0.517. The van der Waals surface area contributed by atoms with Crippen molar-refractivity contribution >= 4 is 5.97 Å². The Labute approximate surface area is 89.9 Å².